The van der Waals surface area contributed by atoms with Crippen molar-refractivity contribution in [1.29, 1.82) is 0 Å². The van der Waals surface area contributed by atoms with Crippen LogP contribution in [0.1, 0.15) is 39.5 Å². The highest BCUT2D eigenvalue weighted by Gasteiger charge is 2.44. The SMILES string of the molecule is CC(C)(Br)C(=O)C1(Br)CCCC1. The molecular formula is C9H14Br2O. The molecule has 1 fully saturated rings. The van der Waals surface area contributed by atoms with Gasteiger partial charge in [0, 0.05) is 0 Å². The highest BCUT2D eigenvalue weighted by Crippen LogP contribution is 2.42. The third-order valence-corrected chi connectivity index (χ3v) is 3.86. The van der Waals surface area contributed by atoms with Gasteiger partial charge in [0.15, 0.2) is 5.78 Å². The fourth-order valence-corrected chi connectivity index (χ4v) is 3.40. The number of rotatable bonds is 2. The number of alkyl halides is 2. The summed E-state index contributed by atoms with van der Waals surface area (Å²) in [6.45, 7) is 3.83. The van der Waals surface area contributed by atoms with Gasteiger partial charge in [0.1, 0.15) is 0 Å². The molecule has 1 aliphatic carbocycles. The number of Topliss-reactive ketones (excluding diaryl/α,β-unsaturated/α-hetero) is 1. The molecule has 0 aliphatic heterocycles. The third-order valence-electron chi connectivity index (χ3n) is 2.34. The lowest BCUT2D eigenvalue weighted by molar-refractivity contribution is -0.122. The second-order valence-electron chi connectivity index (χ2n) is 3.97. The largest absolute Gasteiger partial charge is 0.297 e. The van der Waals surface area contributed by atoms with Crippen molar-refractivity contribution < 1.29 is 4.79 Å². The Bertz CT molecular complexity index is 187. The molecule has 0 unspecified atom stereocenters. The second kappa shape index (κ2) is 3.41. The zero-order chi connectivity index (χ0) is 9.41. The molecule has 1 saturated carbocycles. The summed E-state index contributed by atoms with van der Waals surface area (Å²) in [7, 11) is 0. The summed E-state index contributed by atoms with van der Waals surface area (Å²) in [5.74, 6) is 0.285. The second-order valence-corrected chi connectivity index (χ2v) is 7.47. The van der Waals surface area contributed by atoms with Crippen LogP contribution in [0.4, 0.5) is 0 Å². The van der Waals surface area contributed by atoms with E-state index in [1.54, 1.807) is 0 Å². The summed E-state index contributed by atoms with van der Waals surface area (Å²) < 4.78 is -0.624. The van der Waals surface area contributed by atoms with Gasteiger partial charge in [0.25, 0.3) is 0 Å². The summed E-state index contributed by atoms with van der Waals surface area (Å²) in [6, 6.07) is 0. The normalized spacial score (nSPS) is 22.7. The molecule has 1 rings (SSSR count). The lowest BCUT2D eigenvalue weighted by Crippen LogP contribution is -2.40. The number of carbonyl (C=O) groups excluding carboxylic acids is 1. The first kappa shape index (κ1) is 10.7. The Labute approximate surface area is 90.5 Å². The van der Waals surface area contributed by atoms with Gasteiger partial charge < -0.3 is 0 Å². The lowest BCUT2D eigenvalue weighted by Gasteiger charge is -2.26. The Morgan fingerprint density at radius 2 is 1.75 bits per heavy atom. The van der Waals surface area contributed by atoms with Gasteiger partial charge in [-0.15, -0.1) is 0 Å². The number of carbonyl (C=O) groups is 1. The summed E-state index contributed by atoms with van der Waals surface area (Å²) in [4.78, 5) is 11.9. The van der Waals surface area contributed by atoms with E-state index in [-0.39, 0.29) is 14.4 Å². The Kier molecular flexibility index (Phi) is 3.04. The highest BCUT2D eigenvalue weighted by molar-refractivity contribution is 9.11. The highest BCUT2D eigenvalue weighted by atomic mass is 79.9. The fraction of sp³-hybridized carbons (Fsp3) is 0.889. The van der Waals surface area contributed by atoms with Gasteiger partial charge >= 0.3 is 0 Å². The van der Waals surface area contributed by atoms with Gasteiger partial charge in [-0.2, -0.15) is 0 Å². The minimum atomic E-state index is -0.388. The fourth-order valence-electron chi connectivity index (χ4n) is 1.70. The molecule has 0 aromatic heterocycles. The van der Waals surface area contributed by atoms with E-state index in [0.29, 0.717) is 0 Å². The van der Waals surface area contributed by atoms with Crippen LogP contribution in [-0.2, 0) is 4.79 Å². The van der Waals surface area contributed by atoms with Gasteiger partial charge in [-0.1, -0.05) is 44.7 Å². The Balaban J connectivity index is 2.75. The topological polar surface area (TPSA) is 17.1 Å². The molecule has 0 N–H and O–H groups in total. The Morgan fingerprint density at radius 1 is 1.33 bits per heavy atom. The molecule has 0 atom stereocenters. The molecule has 0 heterocycles. The van der Waals surface area contributed by atoms with E-state index in [0.717, 1.165) is 12.8 Å². The molecular weight excluding hydrogens is 284 g/mol. The van der Waals surface area contributed by atoms with Gasteiger partial charge in [-0.25, -0.2) is 0 Å². The summed E-state index contributed by atoms with van der Waals surface area (Å²) in [5.41, 5.74) is 0. The Hall–Kier alpha value is 0.630. The number of hydrogen-bond donors (Lipinski definition) is 0. The zero-order valence-electron chi connectivity index (χ0n) is 7.49. The smallest absolute Gasteiger partial charge is 0.165 e. The first-order chi connectivity index (χ1) is 5.36. The van der Waals surface area contributed by atoms with Crippen LogP contribution in [0.3, 0.4) is 0 Å². The van der Waals surface area contributed by atoms with Crippen molar-refractivity contribution >= 4 is 37.6 Å². The standard InChI is InChI=1S/C9H14Br2O/c1-8(2,10)7(12)9(11)5-3-4-6-9/h3-6H2,1-2H3. The predicted octanol–water partition coefficient (Wildman–Crippen LogP) is 3.44. The maximum absolute atomic E-state index is 11.9. The number of ketones is 1. The van der Waals surface area contributed by atoms with E-state index in [1.165, 1.54) is 12.8 Å². The average Bonchev–Trinajstić information content (AvgIpc) is 2.34. The maximum Gasteiger partial charge on any atom is 0.165 e. The minimum absolute atomic E-state index is 0.236. The van der Waals surface area contributed by atoms with Gasteiger partial charge in [0.05, 0.1) is 8.65 Å². The molecule has 1 aliphatic rings. The molecule has 0 amide bonds. The monoisotopic (exact) mass is 296 g/mol. The number of hydrogen-bond acceptors (Lipinski definition) is 1. The molecule has 1 nitrogen and oxygen atoms in total. The van der Waals surface area contributed by atoms with E-state index < -0.39 is 0 Å². The van der Waals surface area contributed by atoms with E-state index in [4.69, 9.17) is 0 Å². The van der Waals surface area contributed by atoms with Crippen LogP contribution in [0.2, 0.25) is 0 Å². The van der Waals surface area contributed by atoms with Crippen molar-refractivity contribution in [2.75, 3.05) is 0 Å². The van der Waals surface area contributed by atoms with E-state index >= 15 is 0 Å². The van der Waals surface area contributed by atoms with Crippen molar-refractivity contribution in [1.82, 2.24) is 0 Å². The van der Waals surface area contributed by atoms with Crippen molar-refractivity contribution in [2.45, 2.75) is 48.2 Å². The van der Waals surface area contributed by atoms with Crippen LogP contribution >= 0.6 is 31.9 Å². The van der Waals surface area contributed by atoms with Crippen LogP contribution in [-0.4, -0.2) is 14.4 Å². The Morgan fingerprint density at radius 3 is 2.08 bits per heavy atom. The lowest BCUT2D eigenvalue weighted by atomic mass is 9.94. The van der Waals surface area contributed by atoms with Gasteiger partial charge in [-0.05, 0) is 26.7 Å². The summed E-state index contributed by atoms with van der Waals surface area (Å²) >= 11 is 6.98. The molecule has 70 valence electrons. The predicted molar refractivity (Wildman–Crippen MR) is 58.1 cm³/mol. The van der Waals surface area contributed by atoms with Crippen molar-refractivity contribution in [3.63, 3.8) is 0 Å². The molecule has 0 aromatic rings. The summed E-state index contributed by atoms with van der Waals surface area (Å²) in [6.07, 6.45) is 4.31. The maximum atomic E-state index is 11.9. The molecule has 3 heteroatoms. The molecule has 12 heavy (non-hydrogen) atoms. The van der Waals surface area contributed by atoms with E-state index in [2.05, 4.69) is 31.9 Å². The van der Waals surface area contributed by atoms with Crippen LogP contribution < -0.4 is 0 Å². The van der Waals surface area contributed by atoms with Crippen molar-refractivity contribution in [3.8, 4) is 0 Å². The van der Waals surface area contributed by atoms with Crippen LogP contribution in [0, 0.1) is 0 Å². The first-order valence-electron chi connectivity index (χ1n) is 4.29. The third kappa shape index (κ3) is 2.11. The molecule has 0 aromatic carbocycles. The average molecular weight is 298 g/mol. The quantitative estimate of drug-likeness (QED) is 0.714. The van der Waals surface area contributed by atoms with Crippen LogP contribution in [0.15, 0.2) is 0 Å². The van der Waals surface area contributed by atoms with Crippen molar-refractivity contribution in [2.24, 2.45) is 0 Å². The molecule has 0 saturated heterocycles. The molecule has 0 bridgehead atoms. The zero-order valence-corrected chi connectivity index (χ0v) is 10.7. The van der Waals surface area contributed by atoms with Crippen LogP contribution in [0.25, 0.3) is 0 Å². The minimum Gasteiger partial charge on any atom is -0.297 e. The van der Waals surface area contributed by atoms with E-state index in [1.807, 2.05) is 13.8 Å². The first-order valence-corrected chi connectivity index (χ1v) is 5.88. The molecule has 0 spiro atoms. The molecule has 0 radical (unpaired) electrons. The van der Waals surface area contributed by atoms with Gasteiger partial charge in [-0.3, -0.25) is 4.79 Å². The summed E-state index contributed by atoms with van der Waals surface area (Å²) in [5, 5.41) is 0. The van der Waals surface area contributed by atoms with Crippen LogP contribution in [0.5, 0.6) is 0 Å². The number of halogens is 2. The van der Waals surface area contributed by atoms with Crippen molar-refractivity contribution in [3.05, 3.63) is 0 Å². The van der Waals surface area contributed by atoms with Gasteiger partial charge in [0.2, 0.25) is 0 Å². The van der Waals surface area contributed by atoms with E-state index in [9.17, 15) is 4.79 Å².